The van der Waals surface area contributed by atoms with E-state index < -0.39 is 11.7 Å². The summed E-state index contributed by atoms with van der Waals surface area (Å²) in [5.41, 5.74) is 5.75. The second-order valence-corrected chi connectivity index (χ2v) is 3.53. The monoisotopic (exact) mass is 234 g/mol. The summed E-state index contributed by atoms with van der Waals surface area (Å²) < 4.78 is 14.9. The highest BCUT2D eigenvalue weighted by molar-refractivity contribution is 6.04. The minimum atomic E-state index is -0.612. The first-order valence-electron chi connectivity index (χ1n) is 4.92. The van der Waals surface area contributed by atoms with Crippen molar-refractivity contribution in [3.63, 3.8) is 0 Å². The van der Waals surface area contributed by atoms with Crippen molar-refractivity contribution in [1.82, 2.24) is 9.78 Å². The van der Waals surface area contributed by atoms with Crippen LogP contribution < -0.4 is 11.1 Å². The van der Waals surface area contributed by atoms with Crippen molar-refractivity contribution in [2.45, 2.75) is 0 Å². The van der Waals surface area contributed by atoms with Crippen LogP contribution in [-0.2, 0) is 7.05 Å². The summed E-state index contributed by atoms with van der Waals surface area (Å²) in [7, 11) is 1.67. The standard InChI is InChI=1S/C11H11FN4O/c1-16-10(4-5-14-16)15-11(17)8-6-7(13)2-3-9(8)12/h2-6H,13H2,1H3,(H,15,17). The van der Waals surface area contributed by atoms with Crippen LogP contribution in [0.25, 0.3) is 0 Å². The smallest absolute Gasteiger partial charge is 0.259 e. The van der Waals surface area contributed by atoms with Gasteiger partial charge in [-0.15, -0.1) is 0 Å². The van der Waals surface area contributed by atoms with Crippen molar-refractivity contribution in [3.05, 3.63) is 41.8 Å². The maximum atomic E-state index is 13.4. The van der Waals surface area contributed by atoms with Crippen LogP contribution in [0, 0.1) is 5.82 Å². The topological polar surface area (TPSA) is 72.9 Å². The van der Waals surface area contributed by atoms with E-state index in [1.165, 1.54) is 23.0 Å². The molecule has 1 aromatic heterocycles. The van der Waals surface area contributed by atoms with E-state index in [1.54, 1.807) is 13.1 Å². The molecule has 17 heavy (non-hydrogen) atoms. The molecular formula is C11H11FN4O. The third-order valence-corrected chi connectivity index (χ3v) is 2.30. The van der Waals surface area contributed by atoms with Gasteiger partial charge in [-0.3, -0.25) is 9.48 Å². The maximum absolute atomic E-state index is 13.4. The van der Waals surface area contributed by atoms with E-state index in [4.69, 9.17) is 5.73 Å². The van der Waals surface area contributed by atoms with Gasteiger partial charge in [-0.1, -0.05) is 0 Å². The molecule has 5 nitrogen and oxygen atoms in total. The highest BCUT2D eigenvalue weighted by atomic mass is 19.1. The Morgan fingerprint density at radius 2 is 2.24 bits per heavy atom. The first kappa shape index (κ1) is 11.1. The van der Waals surface area contributed by atoms with Gasteiger partial charge in [0.2, 0.25) is 0 Å². The Labute approximate surface area is 97.0 Å². The number of nitrogen functional groups attached to an aromatic ring is 1. The van der Waals surface area contributed by atoms with Gasteiger partial charge in [-0.05, 0) is 18.2 Å². The van der Waals surface area contributed by atoms with E-state index in [0.717, 1.165) is 6.07 Å². The Morgan fingerprint density at radius 1 is 1.47 bits per heavy atom. The highest BCUT2D eigenvalue weighted by Gasteiger charge is 2.13. The molecular weight excluding hydrogens is 223 g/mol. The number of benzene rings is 1. The molecule has 88 valence electrons. The molecule has 0 fully saturated rings. The molecule has 1 aromatic carbocycles. The van der Waals surface area contributed by atoms with E-state index in [2.05, 4.69) is 10.4 Å². The van der Waals surface area contributed by atoms with Gasteiger partial charge < -0.3 is 11.1 Å². The second kappa shape index (κ2) is 4.25. The molecule has 2 rings (SSSR count). The predicted octanol–water partition coefficient (Wildman–Crippen LogP) is 1.39. The van der Waals surface area contributed by atoms with E-state index in [1.807, 2.05) is 0 Å². The third kappa shape index (κ3) is 2.25. The lowest BCUT2D eigenvalue weighted by atomic mass is 10.2. The Balaban J connectivity index is 2.26. The number of aryl methyl sites for hydroxylation is 1. The fourth-order valence-electron chi connectivity index (χ4n) is 1.40. The molecule has 0 aliphatic heterocycles. The van der Waals surface area contributed by atoms with Crippen LogP contribution >= 0.6 is 0 Å². The number of halogens is 1. The number of nitrogens with zero attached hydrogens (tertiary/aromatic N) is 2. The quantitative estimate of drug-likeness (QED) is 0.771. The van der Waals surface area contributed by atoms with Crippen molar-refractivity contribution >= 4 is 17.4 Å². The summed E-state index contributed by atoms with van der Waals surface area (Å²) in [5.74, 6) is -0.686. The van der Waals surface area contributed by atoms with Gasteiger partial charge in [0.05, 0.1) is 11.8 Å². The number of rotatable bonds is 2. The first-order chi connectivity index (χ1) is 8.08. The van der Waals surface area contributed by atoms with E-state index >= 15 is 0 Å². The SMILES string of the molecule is Cn1nccc1NC(=O)c1cc(N)ccc1F. The molecule has 0 atom stereocenters. The van der Waals surface area contributed by atoms with Gasteiger partial charge in [0.25, 0.3) is 5.91 Å². The van der Waals surface area contributed by atoms with Crippen LogP contribution in [0.2, 0.25) is 0 Å². The Morgan fingerprint density at radius 3 is 2.88 bits per heavy atom. The van der Waals surface area contributed by atoms with Gasteiger partial charge in [0.1, 0.15) is 11.6 Å². The van der Waals surface area contributed by atoms with Crippen LogP contribution in [0.1, 0.15) is 10.4 Å². The van der Waals surface area contributed by atoms with Crippen LogP contribution in [0.3, 0.4) is 0 Å². The summed E-state index contributed by atoms with van der Waals surface area (Å²) in [6.07, 6.45) is 1.53. The molecule has 1 amide bonds. The average molecular weight is 234 g/mol. The van der Waals surface area contributed by atoms with Gasteiger partial charge in [0.15, 0.2) is 0 Å². The molecule has 3 N–H and O–H groups in total. The van der Waals surface area contributed by atoms with E-state index in [-0.39, 0.29) is 5.56 Å². The summed E-state index contributed by atoms with van der Waals surface area (Å²) in [4.78, 5) is 11.8. The number of aromatic nitrogens is 2. The van der Waals surface area contributed by atoms with E-state index in [9.17, 15) is 9.18 Å². The summed E-state index contributed by atoms with van der Waals surface area (Å²) in [5, 5.41) is 6.43. The number of amides is 1. The Kier molecular flexibility index (Phi) is 2.78. The van der Waals surface area contributed by atoms with Crippen LogP contribution in [-0.4, -0.2) is 15.7 Å². The van der Waals surface area contributed by atoms with Gasteiger partial charge in [-0.2, -0.15) is 5.10 Å². The molecule has 1 heterocycles. The number of carbonyl (C=O) groups excluding carboxylic acids is 1. The number of hydrogen-bond acceptors (Lipinski definition) is 3. The molecule has 0 bridgehead atoms. The highest BCUT2D eigenvalue weighted by Crippen LogP contribution is 2.14. The minimum absolute atomic E-state index is 0.0915. The number of nitrogens with one attached hydrogen (secondary N) is 1. The predicted molar refractivity (Wildman–Crippen MR) is 62.0 cm³/mol. The fraction of sp³-hybridized carbons (Fsp3) is 0.0909. The van der Waals surface area contributed by atoms with Crippen molar-refractivity contribution < 1.29 is 9.18 Å². The van der Waals surface area contributed by atoms with Crippen LogP contribution in [0.4, 0.5) is 15.9 Å². The third-order valence-electron chi connectivity index (χ3n) is 2.30. The van der Waals surface area contributed by atoms with Crippen molar-refractivity contribution in [2.75, 3.05) is 11.1 Å². The molecule has 0 unspecified atom stereocenters. The summed E-state index contributed by atoms with van der Waals surface area (Å²) >= 11 is 0. The zero-order chi connectivity index (χ0) is 12.4. The fourth-order valence-corrected chi connectivity index (χ4v) is 1.40. The van der Waals surface area contributed by atoms with Crippen molar-refractivity contribution in [3.8, 4) is 0 Å². The lowest BCUT2D eigenvalue weighted by Crippen LogP contribution is -2.16. The average Bonchev–Trinajstić information content (AvgIpc) is 2.68. The van der Waals surface area contributed by atoms with Gasteiger partial charge in [-0.25, -0.2) is 4.39 Å². The lowest BCUT2D eigenvalue weighted by Gasteiger charge is -2.06. The molecule has 0 saturated carbocycles. The largest absolute Gasteiger partial charge is 0.399 e. The Hall–Kier alpha value is -2.37. The minimum Gasteiger partial charge on any atom is -0.399 e. The zero-order valence-electron chi connectivity index (χ0n) is 9.14. The van der Waals surface area contributed by atoms with Gasteiger partial charge >= 0.3 is 0 Å². The zero-order valence-corrected chi connectivity index (χ0v) is 9.14. The van der Waals surface area contributed by atoms with Crippen molar-refractivity contribution in [2.24, 2.45) is 7.05 Å². The molecule has 0 spiro atoms. The van der Waals surface area contributed by atoms with E-state index in [0.29, 0.717) is 11.5 Å². The molecule has 0 aliphatic carbocycles. The van der Waals surface area contributed by atoms with Crippen molar-refractivity contribution in [1.29, 1.82) is 0 Å². The lowest BCUT2D eigenvalue weighted by molar-refractivity contribution is 0.102. The van der Waals surface area contributed by atoms with Crippen LogP contribution in [0.5, 0.6) is 0 Å². The molecule has 2 aromatic rings. The Bertz CT molecular complexity index is 564. The molecule has 0 radical (unpaired) electrons. The second-order valence-electron chi connectivity index (χ2n) is 3.53. The summed E-state index contributed by atoms with van der Waals surface area (Å²) in [6.45, 7) is 0. The molecule has 0 aliphatic rings. The number of nitrogens with two attached hydrogens (primary N) is 1. The maximum Gasteiger partial charge on any atom is 0.259 e. The number of carbonyl (C=O) groups is 1. The molecule has 0 saturated heterocycles. The number of hydrogen-bond donors (Lipinski definition) is 2. The van der Waals surface area contributed by atoms with Gasteiger partial charge in [0, 0.05) is 18.8 Å². The number of anilines is 2. The normalized spacial score (nSPS) is 10.2. The first-order valence-corrected chi connectivity index (χ1v) is 4.92. The van der Waals surface area contributed by atoms with Crippen LogP contribution in [0.15, 0.2) is 30.5 Å². The summed E-state index contributed by atoms with van der Waals surface area (Å²) in [6, 6.07) is 5.47. The molecule has 6 heteroatoms.